The minimum Gasteiger partial charge on any atom is -0.507 e. The normalized spacial score (nSPS) is 10.6. The molecule has 166 valence electrons. The van der Waals surface area contributed by atoms with Gasteiger partial charge in [0, 0.05) is 17.5 Å². The van der Waals surface area contributed by atoms with Gasteiger partial charge in [-0.2, -0.15) is 0 Å². The summed E-state index contributed by atoms with van der Waals surface area (Å²) in [5.41, 5.74) is 6.51. The maximum absolute atomic E-state index is 13.1. The Bertz CT molecular complexity index is 792. The van der Waals surface area contributed by atoms with Crippen LogP contribution in [-0.4, -0.2) is 17.5 Å². The summed E-state index contributed by atoms with van der Waals surface area (Å²) in [4.78, 5) is 13.1. The van der Waals surface area contributed by atoms with Crippen molar-refractivity contribution >= 4 is 5.78 Å². The van der Waals surface area contributed by atoms with Crippen molar-refractivity contribution in [2.75, 3.05) is 6.61 Å². The van der Waals surface area contributed by atoms with Crippen LogP contribution < -0.4 is 4.74 Å². The lowest BCUT2D eigenvalue weighted by atomic mass is 9.88. The van der Waals surface area contributed by atoms with Crippen molar-refractivity contribution in [3.05, 3.63) is 57.2 Å². The quantitative estimate of drug-likeness (QED) is 0.324. The van der Waals surface area contributed by atoms with Gasteiger partial charge in [-0.3, -0.25) is 4.79 Å². The number of ketones is 1. The molecule has 0 aromatic heterocycles. The number of carbonyl (C=O) groups excluding carboxylic acids is 1. The first kappa shape index (κ1) is 25.7. The number of hydrogen-bond donors (Lipinski definition) is 1. The first-order valence-corrected chi connectivity index (χ1v) is 10.9. The number of rotatable bonds is 10. The lowest BCUT2D eigenvalue weighted by Gasteiger charge is -2.22. The van der Waals surface area contributed by atoms with Crippen LogP contribution in [0.1, 0.15) is 88.9 Å². The second-order valence-corrected chi connectivity index (χ2v) is 9.22. The summed E-state index contributed by atoms with van der Waals surface area (Å²) < 4.78 is 6.21. The molecule has 0 amide bonds. The molecule has 1 aromatic carbocycles. The van der Waals surface area contributed by atoms with Crippen LogP contribution in [0.3, 0.4) is 0 Å². The van der Waals surface area contributed by atoms with Gasteiger partial charge in [0.1, 0.15) is 18.1 Å². The molecule has 0 heterocycles. The first-order valence-electron chi connectivity index (χ1n) is 10.9. The van der Waals surface area contributed by atoms with Crippen LogP contribution in [-0.2, 0) is 12.8 Å². The van der Waals surface area contributed by atoms with Crippen molar-refractivity contribution in [1.82, 2.24) is 0 Å². The smallest absolute Gasteiger partial charge is 0.167 e. The fraction of sp³-hybridized carbons (Fsp3) is 0.519. The molecule has 0 atom stereocenters. The van der Waals surface area contributed by atoms with E-state index >= 15 is 0 Å². The molecule has 0 unspecified atom stereocenters. The van der Waals surface area contributed by atoms with E-state index in [1.807, 2.05) is 54.5 Å². The highest BCUT2D eigenvalue weighted by atomic mass is 16.5. The van der Waals surface area contributed by atoms with Crippen molar-refractivity contribution in [2.24, 2.45) is 5.92 Å². The Kier molecular flexibility index (Phi) is 10.1. The molecular formula is C27H40O3. The van der Waals surface area contributed by atoms with E-state index in [2.05, 4.69) is 26.0 Å². The lowest BCUT2D eigenvalue weighted by Crippen LogP contribution is -2.12. The van der Waals surface area contributed by atoms with Gasteiger partial charge in [-0.15, -0.1) is 0 Å². The van der Waals surface area contributed by atoms with E-state index in [0.717, 1.165) is 16.7 Å². The van der Waals surface area contributed by atoms with E-state index in [9.17, 15) is 9.90 Å². The number of benzene rings is 1. The standard InChI is InChI=1S/C27H40O3/c1-17(2)10-12-22-21(9)25(24(28)16-20(7)8)26(29)23(13-11-18(3)4)27(22)30-15-14-19(5)6/h10-11,14,20,29H,12-13,15-16H2,1-9H3. The van der Waals surface area contributed by atoms with Crippen molar-refractivity contribution in [2.45, 2.75) is 81.6 Å². The van der Waals surface area contributed by atoms with Gasteiger partial charge in [-0.05, 0) is 78.9 Å². The van der Waals surface area contributed by atoms with E-state index in [4.69, 9.17) is 4.74 Å². The van der Waals surface area contributed by atoms with Gasteiger partial charge in [0.2, 0.25) is 0 Å². The van der Waals surface area contributed by atoms with Gasteiger partial charge >= 0.3 is 0 Å². The molecule has 3 nitrogen and oxygen atoms in total. The van der Waals surface area contributed by atoms with Gasteiger partial charge in [0.05, 0.1) is 5.56 Å². The van der Waals surface area contributed by atoms with Crippen LogP contribution in [0.2, 0.25) is 0 Å². The van der Waals surface area contributed by atoms with Gasteiger partial charge in [0.25, 0.3) is 0 Å². The SMILES string of the molecule is CC(C)=CCOc1c(CC=C(C)C)c(C)c(C(=O)CC(C)C)c(O)c1CC=C(C)C. The molecule has 0 radical (unpaired) electrons. The molecule has 0 saturated carbocycles. The average Bonchev–Trinajstić information content (AvgIpc) is 2.59. The van der Waals surface area contributed by atoms with Crippen molar-refractivity contribution in [1.29, 1.82) is 0 Å². The first-order chi connectivity index (χ1) is 14.0. The Labute approximate surface area is 183 Å². The highest BCUT2D eigenvalue weighted by Gasteiger charge is 2.26. The fourth-order valence-corrected chi connectivity index (χ4v) is 3.27. The van der Waals surface area contributed by atoms with E-state index in [-0.39, 0.29) is 17.5 Å². The van der Waals surface area contributed by atoms with Crippen LogP contribution in [0, 0.1) is 12.8 Å². The molecule has 0 fully saturated rings. The molecule has 0 aliphatic rings. The topological polar surface area (TPSA) is 46.5 Å². The van der Waals surface area contributed by atoms with Gasteiger partial charge < -0.3 is 9.84 Å². The molecule has 3 heteroatoms. The number of allylic oxidation sites excluding steroid dienone is 5. The van der Waals surface area contributed by atoms with E-state index in [1.165, 1.54) is 11.1 Å². The van der Waals surface area contributed by atoms with Crippen LogP contribution >= 0.6 is 0 Å². The summed E-state index contributed by atoms with van der Waals surface area (Å²) in [6.45, 7) is 18.7. The summed E-state index contributed by atoms with van der Waals surface area (Å²) in [5.74, 6) is 1.00. The third kappa shape index (κ3) is 7.51. The second kappa shape index (κ2) is 11.8. The molecular weight excluding hydrogens is 372 g/mol. The van der Waals surface area contributed by atoms with Gasteiger partial charge in [-0.1, -0.05) is 42.7 Å². The number of aromatic hydroxyl groups is 1. The fourth-order valence-electron chi connectivity index (χ4n) is 3.27. The Hall–Kier alpha value is -2.29. The summed E-state index contributed by atoms with van der Waals surface area (Å²) >= 11 is 0. The van der Waals surface area contributed by atoms with Crippen LogP contribution in [0.4, 0.5) is 0 Å². The van der Waals surface area contributed by atoms with Crippen molar-refractivity contribution < 1.29 is 14.6 Å². The van der Waals surface area contributed by atoms with Crippen molar-refractivity contribution in [3.63, 3.8) is 0 Å². The number of phenolic OH excluding ortho intramolecular Hbond substituents is 1. The zero-order valence-corrected chi connectivity index (χ0v) is 20.4. The predicted octanol–water partition coefficient (Wildman–Crippen LogP) is 7.29. The molecule has 0 aliphatic carbocycles. The third-order valence-corrected chi connectivity index (χ3v) is 4.92. The molecule has 0 aliphatic heterocycles. The number of phenols is 1. The molecule has 0 saturated heterocycles. The van der Waals surface area contributed by atoms with E-state index < -0.39 is 0 Å². The monoisotopic (exact) mass is 412 g/mol. The highest BCUT2D eigenvalue weighted by Crippen LogP contribution is 2.40. The molecule has 0 bridgehead atoms. The van der Waals surface area contributed by atoms with Gasteiger partial charge in [-0.25, -0.2) is 0 Å². The number of carbonyl (C=O) groups is 1. The molecule has 1 N–H and O–H groups in total. The summed E-state index contributed by atoms with van der Waals surface area (Å²) in [7, 11) is 0. The Morgan fingerprint density at radius 3 is 1.87 bits per heavy atom. The lowest BCUT2D eigenvalue weighted by molar-refractivity contribution is 0.0964. The van der Waals surface area contributed by atoms with Crippen LogP contribution in [0.15, 0.2) is 34.9 Å². The molecule has 1 rings (SSSR count). The van der Waals surface area contributed by atoms with Gasteiger partial charge in [0.15, 0.2) is 5.78 Å². The average molecular weight is 413 g/mol. The summed E-state index contributed by atoms with van der Waals surface area (Å²) in [5, 5.41) is 11.2. The van der Waals surface area contributed by atoms with Crippen LogP contribution in [0.5, 0.6) is 11.5 Å². The van der Waals surface area contributed by atoms with Crippen LogP contribution in [0.25, 0.3) is 0 Å². The summed E-state index contributed by atoms with van der Waals surface area (Å²) in [6, 6.07) is 0. The Balaban J connectivity index is 3.77. The minimum atomic E-state index is -0.00671. The molecule has 30 heavy (non-hydrogen) atoms. The number of ether oxygens (including phenoxy) is 1. The second-order valence-electron chi connectivity index (χ2n) is 9.22. The predicted molar refractivity (Wildman–Crippen MR) is 128 cm³/mol. The Morgan fingerprint density at radius 1 is 0.900 bits per heavy atom. The summed E-state index contributed by atoms with van der Waals surface area (Å²) in [6.07, 6.45) is 7.86. The zero-order chi connectivity index (χ0) is 23.0. The Morgan fingerprint density at radius 2 is 1.40 bits per heavy atom. The van der Waals surface area contributed by atoms with E-state index in [0.29, 0.717) is 42.7 Å². The largest absolute Gasteiger partial charge is 0.507 e. The maximum Gasteiger partial charge on any atom is 0.167 e. The minimum absolute atomic E-state index is 0.00671. The molecule has 1 aromatic rings. The maximum atomic E-state index is 13.1. The number of Topliss-reactive ketones (excluding diaryl/α,β-unsaturated/α-hetero) is 1. The van der Waals surface area contributed by atoms with E-state index in [1.54, 1.807) is 0 Å². The highest BCUT2D eigenvalue weighted by molar-refractivity contribution is 6.01. The number of hydrogen-bond acceptors (Lipinski definition) is 3. The third-order valence-electron chi connectivity index (χ3n) is 4.92. The van der Waals surface area contributed by atoms with Crippen molar-refractivity contribution in [3.8, 4) is 11.5 Å². The zero-order valence-electron chi connectivity index (χ0n) is 20.4. The molecule has 0 spiro atoms.